The van der Waals surface area contributed by atoms with Crippen molar-refractivity contribution in [2.45, 2.75) is 45.4 Å². The molecule has 21 heavy (non-hydrogen) atoms. The van der Waals surface area contributed by atoms with Gasteiger partial charge in [-0.25, -0.2) is 4.39 Å². The molecule has 4 nitrogen and oxygen atoms in total. The zero-order valence-electron chi connectivity index (χ0n) is 13.6. The van der Waals surface area contributed by atoms with Crippen LogP contribution in [0.1, 0.15) is 45.4 Å². The minimum absolute atomic E-state index is 0.149. The molecule has 0 aliphatic rings. The van der Waals surface area contributed by atoms with Gasteiger partial charge in [0, 0.05) is 6.61 Å². The highest BCUT2D eigenvalue weighted by molar-refractivity contribution is 4.43. The Hall–Kier alpha value is -0.230. The van der Waals surface area contributed by atoms with Gasteiger partial charge < -0.3 is 18.9 Å². The van der Waals surface area contributed by atoms with E-state index in [1.807, 2.05) is 0 Å². The van der Waals surface area contributed by atoms with E-state index in [9.17, 15) is 4.39 Å². The average Bonchev–Trinajstić information content (AvgIpc) is 2.50. The maximum atomic E-state index is 11.7. The first-order chi connectivity index (χ1) is 10.4. The van der Waals surface area contributed by atoms with E-state index >= 15 is 0 Å². The number of ether oxygens (including phenoxy) is 4. The molecule has 0 aromatic heterocycles. The number of unbranched alkanes of at least 4 members (excludes halogenated alkanes) is 5. The quantitative estimate of drug-likeness (QED) is 0.364. The monoisotopic (exact) mass is 308 g/mol. The van der Waals surface area contributed by atoms with Crippen molar-refractivity contribution in [2.24, 2.45) is 0 Å². The lowest BCUT2D eigenvalue weighted by molar-refractivity contribution is -0.00328. The van der Waals surface area contributed by atoms with E-state index in [4.69, 9.17) is 18.9 Å². The van der Waals surface area contributed by atoms with Crippen LogP contribution < -0.4 is 0 Å². The fourth-order valence-corrected chi connectivity index (χ4v) is 1.80. The summed E-state index contributed by atoms with van der Waals surface area (Å²) < 4.78 is 32.7. The molecule has 0 aromatic carbocycles. The average molecular weight is 308 g/mol. The van der Waals surface area contributed by atoms with Crippen LogP contribution in [0, 0.1) is 0 Å². The van der Waals surface area contributed by atoms with Gasteiger partial charge in [-0.05, 0) is 6.42 Å². The summed E-state index contributed by atoms with van der Waals surface area (Å²) in [5.74, 6) is 0. The summed E-state index contributed by atoms with van der Waals surface area (Å²) in [5, 5.41) is 0. The Kier molecular flexibility index (Phi) is 19.6. The Morgan fingerprint density at radius 1 is 0.524 bits per heavy atom. The molecule has 0 spiro atoms. The highest BCUT2D eigenvalue weighted by Crippen LogP contribution is 2.04. The van der Waals surface area contributed by atoms with Crippen LogP contribution in [-0.2, 0) is 18.9 Å². The molecule has 0 aromatic rings. The number of hydrogen-bond acceptors (Lipinski definition) is 4. The highest BCUT2D eigenvalue weighted by Gasteiger charge is 1.93. The molecule has 5 heteroatoms. The van der Waals surface area contributed by atoms with Gasteiger partial charge in [0.15, 0.2) is 0 Å². The molecule has 0 saturated carbocycles. The second-order valence-electron chi connectivity index (χ2n) is 4.91. The van der Waals surface area contributed by atoms with Crippen molar-refractivity contribution < 1.29 is 23.3 Å². The fraction of sp³-hybridized carbons (Fsp3) is 1.00. The topological polar surface area (TPSA) is 36.9 Å². The van der Waals surface area contributed by atoms with Crippen LogP contribution in [0.2, 0.25) is 0 Å². The summed E-state index contributed by atoms with van der Waals surface area (Å²) in [5.41, 5.74) is 0. The molecule has 0 fully saturated rings. The predicted molar refractivity (Wildman–Crippen MR) is 82.6 cm³/mol. The summed E-state index contributed by atoms with van der Waals surface area (Å²) in [7, 11) is 0. The Morgan fingerprint density at radius 3 is 1.48 bits per heavy atom. The summed E-state index contributed by atoms with van der Waals surface area (Å²) in [4.78, 5) is 0. The molecule has 0 heterocycles. The number of halogens is 1. The standard InChI is InChI=1S/C16H33FO4/c1-2-3-4-5-6-7-9-18-11-13-20-15-16-21-14-12-19-10-8-17/h2-16H2,1H3. The van der Waals surface area contributed by atoms with Gasteiger partial charge in [0.2, 0.25) is 0 Å². The minimum Gasteiger partial charge on any atom is -0.379 e. The second-order valence-corrected chi connectivity index (χ2v) is 4.91. The van der Waals surface area contributed by atoms with Gasteiger partial charge in [-0.2, -0.15) is 0 Å². The molecule has 0 unspecified atom stereocenters. The van der Waals surface area contributed by atoms with Crippen molar-refractivity contribution in [3.8, 4) is 0 Å². The van der Waals surface area contributed by atoms with Gasteiger partial charge in [-0.1, -0.05) is 39.0 Å². The molecule has 0 radical (unpaired) electrons. The van der Waals surface area contributed by atoms with E-state index in [0.29, 0.717) is 39.6 Å². The van der Waals surface area contributed by atoms with Gasteiger partial charge in [0.05, 0.1) is 46.2 Å². The molecule has 0 amide bonds. The van der Waals surface area contributed by atoms with Gasteiger partial charge in [-0.15, -0.1) is 0 Å². The Balaban J connectivity index is 2.90. The molecule has 128 valence electrons. The van der Waals surface area contributed by atoms with Crippen molar-refractivity contribution in [3.63, 3.8) is 0 Å². The van der Waals surface area contributed by atoms with Crippen LogP contribution in [-0.4, -0.2) is 59.5 Å². The van der Waals surface area contributed by atoms with Crippen LogP contribution >= 0.6 is 0 Å². The van der Waals surface area contributed by atoms with E-state index in [0.717, 1.165) is 13.0 Å². The summed E-state index contributed by atoms with van der Waals surface area (Å²) >= 11 is 0. The summed E-state index contributed by atoms with van der Waals surface area (Å²) in [6.45, 7) is 6.04. The Morgan fingerprint density at radius 2 is 0.952 bits per heavy atom. The van der Waals surface area contributed by atoms with Crippen LogP contribution in [0.3, 0.4) is 0 Å². The van der Waals surface area contributed by atoms with Crippen LogP contribution in [0.15, 0.2) is 0 Å². The van der Waals surface area contributed by atoms with Crippen LogP contribution in [0.25, 0.3) is 0 Å². The van der Waals surface area contributed by atoms with Crippen LogP contribution in [0.5, 0.6) is 0 Å². The summed E-state index contributed by atoms with van der Waals surface area (Å²) in [6.07, 6.45) is 7.71. The molecular formula is C16H33FO4. The first kappa shape index (κ1) is 20.8. The van der Waals surface area contributed by atoms with Gasteiger partial charge >= 0.3 is 0 Å². The molecule has 0 aliphatic carbocycles. The molecular weight excluding hydrogens is 275 g/mol. The second kappa shape index (κ2) is 19.8. The molecule has 0 saturated heterocycles. The van der Waals surface area contributed by atoms with E-state index in [1.165, 1.54) is 32.1 Å². The zero-order chi connectivity index (χ0) is 15.4. The van der Waals surface area contributed by atoms with Gasteiger partial charge in [0.1, 0.15) is 6.67 Å². The SMILES string of the molecule is CCCCCCCCOCCOCCOCCOCCF. The summed E-state index contributed by atoms with van der Waals surface area (Å²) in [6, 6.07) is 0. The first-order valence-corrected chi connectivity index (χ1v) is 8.28. The molecule has 0 atom stereocenters. The molecule has 0 rings (SSSR count). The van der Waals surface area contributed by atoms with Crippen LogP contribution in [0.4, 0.5) is 4.39 Å². The molecule has 0 aliphatic heterocycles. The predicted octanol–water partition coefficient (Wildman–Crippen LogP) is 3.38. The number of alkyl halides is 1. The normalized spacial score (nSPS) is 11.1. The zero-order valence-corrected chi connectivity index (χ0v) is 13.6. The van der Waals surface area contributed by atoms with E-state index in [2.05, 4.69) is 6.92 Å². The van der Waals surface area contributed by atoms with Crippen molar-refractivity contribution >= 4 is 0 Å². The van der Waals surface area contributed by atoms with E-state index in [1.54, 1.807) is 0 Å². The Bertz CT molecular complexity index is 164. The Labute approximate surface area is 129 Å². The van der Waals surface area contributed by atoms with Crippen molar-refractivity contribution in [3.05, 3.63) is 0 Å². The third-order valence-electron chi connectivity index (χ3n) is 2.98. The maximum Gasteiger partial charge on any atom is 0.113 e. The first-order valence-electron chi connectivity index (χ1n) is 8.28. The third-order valence-corrected chi connectivity index (χ3v) is 2.98. The minimum atomic E-state index is -0.443. The third kappa shape index (κ3) is 19.8. The van der Waals surface area contributed by atoms with Crippen molar-refractivity contribution in [1.29, 1.82) is 0 Å². The smallest absolute Gasteiger partial charge is 0.113 e. The molecule has 0 N–H and O–H groups in total. The highest BCUT2D eigenvalue weighted by atomic mass is 19.1. The lowest BCUT2D eigenvalue weighted by Crippen LogP contribution is -2.12. The molecule has 0 bridgehead atoms. The number of hydrogen-bond donors (Lipinski definition) is 0. The lowest BCUT2D eigenvalue weighted by atomic mass is 10.1. The van der Waals surface area contributed by atoms with Gasteiger partial charge in [-0.3, -0.25) is 0 Å². The van der Waals surface area contributed by atoms with Crippen molar-refractivity contribution in [2.75, 3.05) is 59.5 Å². The van der Waals surface area contributed by atoms with E-state index in [-0.39, 0.29) is 6.61 Å². The maximum absolute atomic E-state index is 11.7. The number of rotatable bonds is 18. The van der Waals surface area contributed by atoms with Gasteiger partial charge in [0.25, 0.3) is 0 Å². The fourth-order valence-electron chi connectivity index (χ4n) is 1.80. The van der Waals surface area contributed by atoms with Crippen molar-refractivity contribution in [1.82, 2.24) is 0 Å². The largest absolute Gasteiger partial charge is 0.379 e. The van der Waals surface area contributed by atoms with E-state index < -0.39 is 6.67 Å². The lowest BCUT2D eigenvalue weighted by Gasteiger charge is -2.07.